The van der Waals surface area contributed by atoms with E-state index in [1.165, 1.54) is 0 Å². The Bertz CT molecular complexity index is 618. The maximum Gasteiger partial charge on any atom is 0.410 e. The van der Waals surface area contributed by atoms with E-state index in [9.17, 15) is 9.59 Å². The Balaban J connectivity index is 1.93. The molecular formula is C18H25NO4S. The summed E-state index contributed by atoms with van der Waals surface area (Å²) >= 11 is 1.69. The summed E-state index contributed by atoms with van der Waals surface area (Å²) in [6.45, 7) is 11.1. The minimum Gasteiger partial charge on any atom is -0.462 e. The highest BCUT2D eigenvalue weighted by Gasteiger charge is 2.34. The molecule has 0 bridgehead atoms. The fourth-order valence-corrected chi connectivity index (χ4v) is 3.55. The van der Waals surface area contributed by atoms with E-state index in [1.807, 2.05) is 39.8 Å². The second kappa shape index (κ2) is 7.47. The zero-order valence-electron chi connectivity index (χ0n) is 14.9. The van der Waals surface area contributed by atoms with Crippen LogP contribution < -0.4 is 0 Å². The molecule has 24 heavy (non-hydrogen) atoms. The molecule has 2 rings (SSSR count). The minimum absolute atomic E-state index is 0.267. The number of nitrogens with zero attached hydrogens (tertiary/aromatic N) is 1. The quantitative estimate of drug-likeness (QED) is 0.771. The highest BCUT2D eigenvalue weighted by molar-refractivity contribution is 8.00. The Kier molecular flexibility index (Phi) is 5.80. The van der Waals surface area contributed by atoms with E-state index in [2.05, 4.69) is 0 Å². The number of amides is 1. The first-order chi connectivity index (χ1) is 11.2. The van der Waals surface area contributed by atoms with E-state index >= 15 is 0 Å². The lowest BCUT2D eigenvalue weighted by Gasteiger charge is -2.39. The molecule has 1 aromatic carbocycles. The molecule has 0 aliphatic carbocycles. The van der Waals surface area contributed by atoms with E-state index in [1.54, 1.807) is 29.7 Å². The first-order valence-corrected chi connectivity index (χ1v) is 9.00. The lowest BCUT2D eigenvalue weighted by atomic mass is 10.1. The lowest BCUT2D eigenvalue weighted by Crippen LogP contribution is -2.53. The molecule has 1 heterocycles. The van der Waals surface area contributed by atoms with Gasteiger partial charge in [0.1, 0.15) is 5.60 Å². The van der Waals surface area contributed by atoms with Crippen LogP contribution in [-0.2, 0) is 9.47 Å². The van der Waals surface area contributed by atoms with Gasteiger partial charge in [0.05, 0.1) is 12.2 Å². The normalized spacial score (nSPS) is 15.0. The number of esters is 1. The summed E-state index contributed by atoms with van der Waals surface area (Å²) in [5, 5.41) is 0.314. The third-order valence-electron chi connectivity index (χ3n) is 3.49. The van der Waals surface area contributed by atoms with E-state index in [-0.39, 0.29) is 12.1 Å². The number of ether oxygens (including phenoxy) is 2. The molecule has 1 saturated heterocycles. The maximum atomic E-state index is 12.0. The van der Waals surface area contributed by atoms with Crippen LogP contribution in [0.15, 0.2) is 23.1 Å². The van der Waals surface area contributed by atoms with Gasteiger partial charge >= 0.3 is 12.1 Å². The average Bonchev–Trinajstić information content (AvgIpc) is 2.42. The summed E-state index contributed by atoms with van der Waals surface area (Å²) in [5.41, 5.74) is 1.21. The minimum atomic E-state index is -0.472. The van der Waals surface area contributed by atoms with E-state index < -0.39 is 5.60 Å². The summed E-state index contributed by atoms with van der Waals surface area (Å²) in [5.74, 6) is -0.302. The van der Waals surface area contributed by atoms with Gasteiger partial charge in [-0.2, -0.15) is 0 Å². The van der Waals surface area contributed by atoms with Crippen LogP contribution in [0.4, 0.5) is 4.79 Å². The third kappa shape index (κ3) is 4.90. The number of aryl methyl sites for hydroxylation is 1. The van der Waals surface area contributed by atoms with Crippen LogP contribution >= 0.6 is 11.8 Å². The van der Waals surface area contributed by atoms with Gasteiger partial charge in [-0.1, -0.05) is 6.07 Å². The molecule has 0 radical (unpaired) electrons. The molecule has 0 unspecified atom stereocenters. The maximum absolute atomic E-state index is 12.0. The van der Waals surface area contributed by atoms with Crippen molar-refractivity contribution >= 4 is 23.8 Å². The number of likely N-dealkylation sites (tertiary alicyclic amines) is 1. The number of carbonyl (C=O) groups excluding carboxylic acids is 2. The molecule has 0 atom stereocenters. The first kappa shape index (κ1) is 18.6. The zero-order valence-corrected chi connectivity index (χ0v) is 15.7. The van der Waals surface area contributed by atoms with Crippen LogP contribution in [-0.4, -0.2) is 47.5 Å². The summed E-state index contributed by atoms with van der Waals surface area (Å²) in [7, 11) is 0. The molecule has 1 aromatic rings. The SMILES string of the molecule is CCOC(=O)c1ccc(C)c(SC2CN(C(=O)OC(C)(C)C)C2)c1. The van der Waals surface area contributed by atoms with Crippen molar-refractivity contribution in [3.05, 3.63) is 29.3 Å². The van der Waals surface area contributed by atoms with Gasteiger partial charge in [-0.25, -0.2) is 9.59 Å². The van der Waals surface area contributed by atoms with Crippen LogP contribution in [0.25, 0.3) is 0 Å². The molecule has 0 N–H and O–H groups in total. The Labute approximate surface area is 147 Å². The van der Waals surface area contributed by atoms with Gasteiger partial charge in [-0.05, 0) is 52.3 Å². The molecule has 0 spiro atoms. The molecule has 1 amide bonds. The van der Waals surface area contributed by atoms with E-state index in [4.69, 9.17) is 9.47 Å². The zero-order chi connectivity index (χ0) is 17.9. The fraction of sp³-hybridized carbons (Fsp3) is 0.556. The summed E-state index contributed by atoms with van der Waals surface area (Å²) in [6.07, 6.45) is -0.267. The van der Waals surface area contributed by atoms with Crippen molar-refractivity contribution in [1.29, 1.82) is 0 Å². The lowest BCUT2D eigenvalue weighted by molar-refractivity contribution is 0.0143. The number of thioether (sulfide) groups is 1. The van der Waals surface area contributed by atoms with Crippen LogP contribution in [0, 0.1) is 6.92 Å². The van der Waals surface area contributed by atoms with Gasteiger partial charge in [-0.15, -0.1) is 11.8 Å². The standard InChI is InChI=1S/C18H25NO4S/c1-6-22-16(20)13-8-7-12(2)15(9-13)24-14-10-19(11-14)17(21)23-18(3,4)5/h7-9,14H,6,10-11H2,1-5H3. The van der Waals surface area contributed by atoms with Crippen molar-refractivity contribution in [2.75, 3.05) is 19.7 Å². The predicted octanol–water partition coefficient (Wildman–Crippen LogP) is 3.88. The van der Waals surface area contributed by atoms with Crippen molar-refractivity contribution in [2.24, 2.45) is 0 Å². The molecular weight excluding hydrogens is 326 g/mol. The Hall–Kier alpha value is -1.69. The number of rotatable bonds is 4. The van der Waals surface area contributed by atoms with Gasteiger partial charge in [-0.3, -0.25) is 0 Å². The first-order valence-electron chi connectivity index (χ1n) is 8.12. The van der Waals surface area contributed by atoms with Gasteiger partial charge < -0.3 is 14.4 Å². The Morgan fingerprint density at radius 1 is 1.29 bits per heavy atom. The van der Waals surface area contributed by atoms with Gasteiger partial charge in [0.15, 0.2) is 0 Å². The van der Waals surface area contributed by atoms with Crippen molar-refractivity contribution in [3.63, 3.8) is 0 Å². The van der Waals surface area contributed by atoms with Crippen molar-refractivity contribution in [2.45, 2.75) is 50.4 Å². The highest BCUT2D eigenvalue weighted by Crippen LogP contribution is 2.33. The molecule has 0 aromatic heterocycles. The van der Waals surface area contributed by atoms with Crippen molar-refractivity contribution < 1.29 is 19.1 Å². The molecule has 1 fully saturated rings. The monoisotopic (exact) mass is 351 g/mol. The predicted molar refractivity (Wildman–Crippen MR) is 94.6 cm³/mol. The summed E-state index contributed by atoms with van der Waals surface area (Å²) in [4.78, 5) is 26.6. The Morgan fingerprint density at radius 2 is 1.96 bits per heavy atom. The number of carbonyl (C=O) groups is 2. The molecule has 1 aliphatic heterocycles. The highest BCUT2D eigenvalue weighted by atomic mass is 32.2. The van der Waals surface area contributed by atoms with Crippen LogP contribution in [0.3, 0.4) is 0 Å². The molecule has 6 heteroatoms. The fourth-order valence-electron chi connectivity index (χ4n) is 2.24. The van der Waals surface area contributed by atoms with Crippen LogP contribution in [0.1, 0.15) is 43.6 Å². The van der Waals surface area contributed by atoms with Gasteiger partial charge in [0.25, 0.3) is 0 Å². The second-order valence-electron chi connectivity index (χ2n) is 6.83. The van der Waals surface area contributed by atoms with Crippen molar-refractivity contribution in [1.82, 2.24) is 4.90 Å². The van der Waals surface area contributed by atoms with Crippen LogP contribution in [0.5, 0.6) is 0 Å². The summed E-state index contributed by atoms with van der Waals surface area (Å²) < 4.78 is 10.4. The largest absolute Gasteiger partial charge is 0.462 e. The number of benzene rings is 1. The summed E-state index contributed by atoms with van der Waals surface area (Å²) in [6, 6.07) is 5.58. The number of hydrogen-bond acceptors (Lipinski definition) is 5. The van der Waals surface area contributed by atoms with Gasteiger partial charge in [0, 0.05) is 23.2 Å². The van der Waals surface area contributed by atoms with Crippen molar-refractivity contribution in [3.8, 4) is 0 Å². The topological polar surface area (TPSA) is 55.8 Å². The average molecular weight is 351 g/mol. The van der Waals surface area contributed by atoms with Crippen LogP contribution in [0.2, 0.25) is 0 Å². The number of hydrogen-bond donors (Lipinski definition) is 0. The van der Waals surface area contributed by atoms with Gasteiger partial charge in [0.2, 0.25) is 0 Å². The molecule has 132 valence electrons. The molecule has 5 nitrogen and oxygen atoms in total. The van der Waals surface area contributed by atoms with E-state index in [0.717, 1.165) is 10.5 Å². The molecule has 0 saturated carbocycles. The third-order valence-corrected chi connectivity index (χ3v) is 4.82. The second-order valence-corrected chi connectivity index (χ2v) is 8.17. The van der Waals surface area contributed by atoms with E-state index in [0.29, 0.717) is 30.5 Å². The molecule has 1 aliphatic rings. The Morgan fingerprint density at radius 3 is 2.54 bits per heavy atom. The smallest absolute Gasteiger partial charge is 0.410 e.